The fourth-order valence-electron chi connectivity index (χ4n) is 3.26. The van der Waals surface area contributed by atoms with E-state index in [1.165, 1.54) is 32.1 Å². The molecule has 0 bridgehead atoms. The Morgan fingerprint density at radius 2 is 1.79 bits per heavy atom. The third-order valence-corrected chi connectivity index (χ3v) is 5.11. The average Bonchev–Trinajstić information content (AvgIpc) is 2.65. The fourth-order valence-corrected chi connectivity index (χ4v) is 3.26. The lowest BCUT2D eigenvalue weighted by molar-refractivity contribution is -0.124. The van der Waals surface area contributed by atoms with Crippen molar-refractivity contribution in [3.63, 3.8) is 0 Å². The molecule has 0 heterocycles. The van der Waals surface area contributed by atoms with Crippen LogP contribution in [0.15, 0.2) is 30.3 Å². The number of carbonyl (C=O) groups is 2. The Labute approximate surface area is 145 Å². The van der Waals surface area contributed by atoms with Crippen molar-refractivity contribution in [3.05, 3.63) is 35.9 Å². The molecule has 1 fully saturated rings. The van der Waals surface area contributed by atoms with Crippen LogP contribution >= 0.6 is 0 Å². The summed E-state index contributed by atoms with van der Waals surface area (Å²) in [7, 11) is 0. The number of hydrogen-bond donors (Lipinski definition) is 2. The molecule has 1 saturated carbocycles. The first kappa shape index (κ1) is 18.5. The molecule has 1 aromatic rings. The van der Waals surface area contributed by atoms with Crippen LogP contribution in [0.5, 0.6) is 0 Å². The van der Waals surface area contributed by atoms with E-state index in [1.54, 1.807) is 12.1 Å². The van der Waals surface area contributed by atoms with Gasteiger partial charge in [0.25, 0.3) is 5.91 Å². The zero-order valence-corrected chi connectivity index (χ0v) is 14.9. The van der Waals surface area contributed by atoms with Crippen LogP contribution in [0.4, 0.5) is 0 Å². The summed E-state index contributed by atoms with van der Waals surface area (Å²) in [6, 6.07) is 8.59. The fraction of sp³-hybridized carbons (Fsp3) is 0.600. The summed E-state index contributed by atoms with van der Waals surface area (Å²) in [6.07, 6.45) is 7.08. The number of carbonyl (C=O) groups excluding carboxylic acids is 2. The average molecular weight is 330 g/mol. The molecule has 0 aromatic heterocycles. The maximum absolute atomic E-state index is 12.6. The first-order valence-corrected chi connectivity index (χ1v) is 9.25. The molecule has 2 rings (SSSR count). The minimum absolute atomic E-state index is 0.0563. The highest BCUT2D eigenvalue weighted by atomic mass is 16.2. The van der Waals surface area contributed by atoms with Gasteiger partial charge in [-0.05, 0) is 36.8 Å². The second kappa shape index (κ2) is 9.45. The molecule has 0 radical (unpaired) electrons. The van der Waals surface area contributed by atoms with Gasteiger partial charge >= 0.3 is 0 Å². The van der Waals surface area contributed by atoms with E-state index in [2.05, 4.69) is 10.6 Å². The molecule has 2 atom stereocenters. The van der Waals surface area contributed by atoms with Crippen LogP contribution in [0.1, 0.15) is 62.7 Å². The number of benzene rings is 1. The van der Waals surface area contributed by atoms with Crippen molar-refractivity contribution >= 4 is 11.8 Å². The summed E-state index contributed by atoms with van der Waals surface area (Å²) in [5, 5.41) is 5.99. The maximum atomic E-state index is 12.6. The second-order valence-electron chi connectivity index (χ2n) is 6.95. The molecule has 0 spiro atoms. The molecule has 0 unspecified atom stereocenters. The minimum Gasteiger partial charge on any atom is -0.354 e. The lowest BCUT2D eigenvalue weighted by Gasteiger charge is -2.26. The van der Waals surface area contributed by atoms with Crippen LogP contribution in [-0.4, -0.2) is 24.4 Å². The van der Waals surface area contributed by atoms with Gasteiger partial charge in [0.1, 0.15) is 6.04 Å². The molecule has 2 N–H and O–H groups in total. The first-order valence-electron chi connectivity index (χ1n) is 9.25. The van der Waals surface area contributed by atoms with Crippen molar-refractivity contribution in [1.29, 1.82) is 0 Å². The van der Waals surface area contributed by atoms with Gasteiger partial charge in [0, 0.05) is 12.1 Å². The summed E-state index contributed by atoms with van der Waals surface area (Å²) < 4.78 is 0. The summed E-state index contributed by atoms with van der Waals surface area (Å²) in [6.45, 7) is 4.78. The molecule has 2 amide bonds. The van der Waals surface area contributed by atoms with Crippen molar-refractivity contribution in [2.24, 2.45) is 11.8 Å². The van der Waals surface area contributed by atoms with E-state index in [0.717, 1.165) is 13.0 Å². The van der Waals surface area contributed by atoms with E-state index in [4.69, 9.17) is 0 Å². The van der Waals surface area contributed by atoms with Crippen molar-refractivity contribution < 1.29 is 9.59 Å². The van der Waals surface area contributed by atoms with Crippen LogP contribution in [0.25, 0.3) is 0 Å². The molecule has 1 aromatic carbocycles. The van der Waals surface area contributed by atoms with Crippen LogP contribution in [0, 0.1) is 11.8 Å². The molecular weight excluding hydrogens is 300 g/mol. The van der Waals surface area contributed by atoms with Crippen molar-refractivity contribution in [1.82, 2.24) is 10.6 Å². The summed E-state index contributed by atoms with van der Waals surface area (Å²) in [5.74, 6) is 0.446. The SMILES string of the molecule is CC[C@@H](C)[C@H](NC(=O)c1ccccc1)C(=O)NCC1CCCCC1. The number of rotatable bonds is 7. The van der Waals surface area contributed by atoms with Gasteiger partial charge in [0.05, 0.1) is 0 Å². The molecule has 0 aliphatic heterocycles. The Hall–Kier alpha value is -1.84. The molecule has 4 nitrogen and oxygen atoms in total. The quantitative estimate of drug-likeness (QED) is 0.803. The number of amides is 2. The normalized spacial score (nSPS) is 17.8. The Morgan fingerprint density at radius 1 is 1.12 bits per heavy atom. The summed E-state index contributed by atoms with van der Waals surface area (Å²) in [4.78, 5) is 25.0. The third kappa shape index (κ3) is 5.36. The van der Waals surface area contributed by atoms with Gasteiger partial charge in [-0.3, -0.25) is 9.59 Å². The largest absolute Gasteiger partial charge is 0.354 e. The van der Waals surface area contributed by atoms with E-state index in [-0.39, 0.29) is 17.7 Å². The van der Waals surface area contributed by atoms with Gasteiger partial charge in [-0.2, -0.15) is 0 Å². The van der Waals surface area contributed by atoms with E-state index >= 15 is 0 Å². The van der Waals surface area contributed by atoms with Crippen LogP contribution < -0.4 is 10.6 Å². The number of hydrogen-bond acceptors (Lipinski definition) is 2. The summed E-state index contributed by atoms with van der Waals surface area (Å²) >= 11 is 0. The zero-order chi connectivity index (χ0) is 17.4. The molecule has 0 saturated heterocycles. The predicted molar refractivity (Wildman–Crippen MR) is 96.7 cm³/mol. The van der Waals surface area contributed by atoms with Gasteiger partial charge < -0.3 is 10.6 Å². The second-order valence-corrected chi connectivity index (χ2v) is 6.95. The molecule has 132 valence electrons. The standard InChI is InChI=1S/C20H30N2O2/c1-3-15(2)18(22-19(23)17-12-8-5-9-13-17)20(24)21-14-16-10-6-4-7-11-16/h5,8-9,12-13,15-16,18H,3-4,6-7,10-11,14H2,1-2H3,(H,21,24)(H,22,23)/t15-,18+/m1/s1. The highest BCUT2D eigenvalue weighted by molar-refractivity contribution is 5.97. The Balaban J connectivity index is 1.93. The Kier molecular flexibility index (Phi) is 7.29. The topological polar surface area (TPSA) is 58.2 Å². The monoisotopic (exact) mass is 330 g/mol. The molecular formula is C20H30N2O2. The third-order valence-electron chi connectivity index (χ3n) is 5.11. The van der Waals surface area contributed by atoms with E-state index in [9.17, 15) is 9.59 Å². The minimum atomic E-state index is -0.480. The smallest absolute Gasteiger partial charge is 0.251 e. The molecule has 1 aliphatic rings. The highest BCUT2D eigenvalue weighted by Crippen LogP contribution is 2.22. The lowest BCUT2D eigenvalue weighted by atomic mass is 9.89. The Bertz CT molecular complexity index is 524. The van der Waals surface area contributed by atoms with Gasteiger partial charge in [-0.25, -0.2) is 0 Å². The first-order chi connectivity index (χ1) is 11.6. The van der Waals surface area contributed by atoms with Crippen molar-refractivity contribution in [2.45, 2.75) is 58.4 Å². The predicted octanol–water partition coefficient (Wildman–Crippen LogP) is 3.53. The van der Waals surface area contributed by atoms with E-state index in [0.29, 0.717) is 11.5 Å². The van der Waals surface area contributed by atoms with Crippen LogP contribution in [-0.2, 0) is 4.79 Å². The van der Waals surface area contributed by atoms with Crippen molar-refractivity contribution in [2.75, 3.05) is 6.54 Å². The van der Waals surface area contributed by atoms with Gasteiger partial charge in [0.15, 0.2) is 0 Å². The molecule has 24 heavy (non-hydrogen) atoms. The maximum Gasteiger partial charge on any atom is 0.251 e. The van der Waals surface area contributed by atoms with E-state index < -0.39 is 6.04 Å². The van der Waals surface area contributed by atoms with Gasteiger partial charge in [-0.1, -0.05) is 57.7 Å². The van der Waals surface area contributed by atoms with Crippen LogP contribution in [0.3, 0.4) is 0 Å². The molecule has 4 heteroatoms. The van der Waals surface area contributed by atoms with Crippen LogP contribution in [0.2, 0.25) is 0 Å². The molecule has 1 aliphatic carbocycles. The number of nitrogens with one attached hydrogen (secondary N) is 2. The zero-order valence-electron chi connectivity index (χ0n) is 14.9. The van der Waals surface area contributed by atoms with Crippen molar-refractivity contribution in [3.8, 4) is 0 Å². The summed E-state index contributed by atoms with van der Waals surface area (Å²) in [5.41, 5.74) is 0.589. The lowest BCUT2D eigenvalue weighted by Crippen LogP contribution is -2.51. The highest BCUT2D eigenvalue weighted by Gasteiger charge is 2.26. The Morgan fingerprint density at radius 3 is 2.42 bits per heavy atom. The van der Waals surface area contributed by atoms with Gasteiger partial charge in [-0.15, -0.1) is 0 Å². The van der Waals surface area contributed by atoms with Gasteiger partial charge in [0.2, 0.25) is 5.91 Å². The van der Waals surface area contributed by atoms with E-state index in [1.807, 2.05) is 32.0 Å².